The Morgan fingerprint density at radius 3 is 2.96 bits per heavy atom. The molecule has 0 radical (unpaired) electrons. The molecule has 24 heavy (non-hydrogen) atoms. The summed E-state index contributed by atoms with van der Waals surface area (Å²) in [5.74, 6) is 1.62. The quantitative estimate of drug-likeness (QED) is 0.829. The number of hydrogen-bond donors (Lipinski definition) is 0. The van der Waals surface area contributed by atoms with E-state index in [2.05, 4.69) is 6.92 Å². The van der Waals surface area contributed by atoms with Gasteiger partial charge in [0.2, 0.25) is 5.91 Å². The zero-order valence-corrected chi connectivity index (χ0v) is 14.5. The molecule has 0 aliphatic carbocycles. The molecular weight excluding hydrogens is 308 g/mol. The summed E-state index contributed by atoms with van der Waals surface area (Å²) in [6.07, 6.45) is 3.31. The predicted molar refractivity (Wildman–Crippen MR) is 88.5 cm³/mol. The molecule has 0 bridgehead atoms. The van der Waals surface area contributed by atoms with Crippen LogP contribution in [0.15, 0.2) is 16.5 Å². The molecule has 2 atom stereocenters. The lowest BCUT2D eigenvalue weighted by molar-refractivity contribution is -0.140. The van der Waals surface area contributed by atoms with Crippen molar-refractivity contribution < 1.29 is 18.7 Å². The molecule has 1 aromatic rings. The first-order valence-corrected chi connectivity index (χ1v) is 8.80. The summed E-state index contributed by atoms with van der Waals surface area (Å²) in [5.41, 5.74) is 0. The first-order chi connectivity index (χ1) is 11.6. The van der Waals surface area contributed by atoms with Crippen LogP contribution < -0.4 is 0 Å². The Morgan fingerprint density at radius 1 is 1.38 bits per heavy atom. The third-order valence-corrected chi connectivity index (χ3v) is 5.05. The van der Waals surface area contributed by atoms with Crippen LogP contribution in [0.4, 0.5) is 0 Å². The topological polar surface area (TPSA) is 63.0 Å². The zero-order valence-electron chi connectivity index (χ0n) is 14.5. The molecular formula is C18H26N2O4. The molecule has 6 heteroatoms. The number of methoxy groups -OCH3 is 1. The van der Waals surface area contributed by atoms with Gasteiger partial charge in [-0.15, -0.1) is 0 Å². The average molecular weight is 334 g/mol. The summed E-state index contributed by atoms with van der Waals surface area (Å²) < 4.78 is 10.6. The standard InChI is InChI=1S/C18H26N2O4/c1-3-9-20-15-8-10-19(11-13(15)4-7-17(20)21)18(22)16-6-5-14(24-16)12-23-2/h5-6,13,15H,3-4,7-12H2,1-2H3/t13-,15+/m1/s1. The Morgan fingerprint density at radius 2 is 2.21 bits per heavy atom. The molecule has 3 rings (SSSR count). The number of fused-ring (bicyclic) bond motifs is 1. The molecule has 2 amide bonds. The minimum atomic E-state index is -0.0604. The van der Waals surface area contributed by atoms with Gasteiger partial charge in [0.1, 0.15) is 12.4 Å². The third-order valence-electron chi connectivity index (χ3n) is 5.05. The molecule has 0 spiro atoms. The summed E-state index contributed by atoms with van der Waals surface area (Å²) in [7, 11) is 1.60. The van der Waals surface area contributed by atoms with Crippen LogP contribution in [0.1, 0.15) is 48.9 Å². The van der Waals surface area contributed by atoms with E-state index in [1.54, 1.807) is 19.2 Å². The molecule has 0 aromatic carbocycles. The van der Waals surface area contributed by atoms with Crippen molar-refractivity contribution in [1.29, 1.82) is 0 Å². The van der Waals surface area contributed by atoms with E-state index in [-0.39, 0.29) is 17.9 Å². The molecule has 2 aliphatic rings. The highest BCUT2D eigenvalue weighted by Gasteiger charge is 2.40. The second-order valence-electron chi connectivity index (χ2n) is 6.69. The minimum absolute atomic E-state index is 0.0604. The molecule has 3 heterocycles. The van der Waals surface area contributed by atoms with Gasteiger partial charge in [0.15, 0.2) is 5.76 Å². The maximum absolute atomic E-state index is 12.7. The lowest BCUT2D eigenvalue weighted by Gasteiger charge is -2.47. The summed E-state index contributed by atoms with van der Waals surface area (Å²) in [4.78, 5) is 28.7. The monoisotopic (exact) mass is 334 g/mol. The number of hydrogen-bond acceptors (Lipinski definition) is 4. The van der Waals surface area contributed by atoms with Crippen molar-refractivity contribution in [1.82, 2.24) is 9.80 Å². The van der Waals surface area contributed by atoms with Crippen LogP contribution in [0.3, 0.4) is 0 Å². The maximum atomic E-state index is 12.7. The van der Waals surface area contributed by atoms with Crippen molar-refractivity contribution in [3.8, 4) is 0 Å². The average Bonchev–Trinajstić information content (AvgIpc) is 3.05. The number of carbonyl (C=O) groups excluding carboxylic acids is 2. The van der Waals surface area contributed by atoms with Crippen LogP contribution in [-0.2, 0) is 16.1 Å². The van der Waals surface area contributed by atoms with Crippen LogP contribution in [0.5, 0.6) is 0 Å². The maximum Gasteiger partial charge on any atom is 0.289 e. The van der Waals surface area contributed by atoms with Crippen LogP contribution in [0.2, 0.25) is 0 Å². The van der Waals surface area contributed by atoms with Gasteiger partial charge in [0.05, 0.1) is 0 Å². The van der Waals surface area contributed by atoms with Crippen LogP contribution in [-0.4, -0.2) is 54.4 Å². The largest absolute Gasteiger partial charge is 0.453 e. The summed E-state index contributed by atoms with van der Waals surface area (Å²) in [6.45, 7) is 4.67. The van der Waals surface area contributed by atoms with E-state index in [0.29, 0.717) is 43.6 Å². The highest BCUT2D eigenvalue weighted by Crippen LogP contribution is 2.32. The number of furan rings is 1. The van der Waals surface area contributed by atoms with Gasteiger partial charge in [-0.2, -0.15) is 0 Å². The second-order valence-corrected chi connectivity index (χ2v) is 6.69. The molecule has 2 saturated heterocycles. The Hall–Kier alpha value is -1.82. The summed E-state index contributed by atoms with van der Waals surface area (Å²) in [5, 5.41) is 0. The number of likely N-dealkylation sites (tertiary alicyclic amines) is 2. The molecule has 6 nitrogen and oxygen atoms in total. The van der Waals surface area contributed by atoms with Gasteiger partial charge in [0.25, 0.3) is 5.91 Å². The van der Waals surface area contributed by atoms with E-state index in [4.69, 9.17) is 9.15 Å². The lowest BCUT2D eigenvalue weighted by Crippen LogP contribution is -2.57. The lowest BCUT2D eigenvalue weighted by atomic mass is 9.83. The molecule has 2 fully saturated rings. The van der Waals surface area contributed by atoms with Crippen LogP contribution >= 0.6 is 0 Å². The number of piperidine rings is 2. The van der Waals surface area contributed by atoms with Gasteiger partial charge in [0, 0.05) is 39.2 Å². The molecule has 2 aliphatic heterocycles. The fraction of sp³-hybridized carbons (Fsp3) is 0.667. The van der Waals surface area contributed by atoms with Gasteiger partial charge in [-0.3, -0.25) is 9.59 Å². The minimum Gasteiger partial charge on any atom is -0.453 e. The number of rotatable bonds is 5. The molecule has 1 aromatic heterocycles. The van der Waals surface area contributed by atoms with Gasteiger partial charge in [-0.1, -0.05) is 6.92 Å². The number of ether oxygens (including phenoxy) is 1. The van der Waals surface area contributed by atoms with E-state index in [0.717, 1.165) is 25.8 Å². The fourth-order valence-corrected chi connectivity index (χ4v) is 3.94. The first-order valence-electron chi connectivity index (χ1n) is 8.80. The molecule has 0 saturated carbocycles. The molecule has 0 N–H and O–H groups in total. The smallest absolute Gasteiger partial charge is 0.289 e. The SMILES string of the molecule is CCCN1C(=O)CC[C@@H]2CN(C(=O)c3ccc(COC)o3)CC[C@@H]21. The Bertz CT molecular complexity index is 598. The van der Waals surface area contributed by atoms with Gasteiger partial charge in [-0.05, 0) is 37.3 Å². The van der Waals surface area contributed by atoms with E-state index in [1.165, 1.54) is 0 Å². The predicted octanol–water partition coefficient (Wildman–Crippen LogP) is 2.29. The first kappa shape index (κ1) is 17.0. The fourth-order valence-electron chi connectivity index (χ4n) is 3.94. The highest BCUT2D eigenvalue weighted by atomic mass is 16.5. The Labute approximate surface area is 142 Å². The highest BCUT2D eigenvalue weighted by molar-refractivity contribution is 5.91. The number of amides is 2. The molecule has 132 valence electrons. The van der Waals surface area contributed by atoms with E-state index < -0.39 is 0 Å². The van der Waals surface area contributed by atoms with Crippen LogP contribution in [0.25, 0.3) is 0 Å². The number of carbonyl (C=O) groups is 2. The van der Waals surface area contributed by atoms with Crippen molar-refractivity contribution in [2.45, 2.75) is 45.3 Å². The van der Waals surface area contributed by atoms with E-state index >= 15 is 0 Å². The van der Waals surface area contributed by atoms with Crippen LogP contribution in [0, 0.1) is 5.92 Å². The van der Waals surface area contributed by atoms with Gasteiger partial charge >= 0.3 is 0 Å². The van der Waals surface area contributed by atoms with Crippen molar-refractivity contribution >= 4 is 11.8 Å². The molecule has 0 unspecified atom stereocenters. The second kappa shape index (κ2) is 7.38. The van der Waals surface area contributed by atoms with Crippen molar-refractivity contribution in [2.24, 2.45) is 5.92 Å². The summed E-state index contributed by atoms with van der Waals surface area (Å²) in [6, 6.07) is 3.79. The zero-order chi connectivity index (χ0) is 17.1. The van der Waals surface area contributed by atoms with E-state index in [1.807, 2.05) is 9.80 Å². The number of nitrogens with zero attached hydrogens (tertiary/aromatic N) is 2. The van der Waals surface area contributed by atoms with E-state index in [9.17, 15) is 9.59 Å². The third kappa shape index (κ3) is 3.34. The van der Waals surface area contributed by atoms with Gasteiger partial charge < -0.3 is 19.0 Å². The Kier molecular flexibility index (Phi) is 5.23. The van der Waals surface area contributed by atoms with Crippen molar-refractivity contribution in [3.05, 3.63) is 23.7 Å². The summed E-state index contributed by atoms with van der Waals surface area (Å²) >= 11 is 0. The van der Waals surface area contributed by atoms with Crippen molar-refractivity contribution in [2.75, 3.05) is 26.7 Å². The van der Waals surface area contributed by atoms with Crippen molar-refractivity contribution in [3.63, 3.8) is 0 Å². The Balaban J connectivity index is 1.66. The normalized spacial score (nSPS) is 24.2. The van der Waals surface area contributed by atoms with Gasteiger partial charge in [-0.25, -0.2) is 0 Å².